The Hall–Kier alpha value is -1.47. The summed E-state index contributed by atoms with van der Waals surface area (Å²) in [5.74, 6) is -0.463. The summed E-state index contributed by atoms with van der Waals surface area (Å²) in [4.78, 5) is 35.9. The number of rotatable bonds is 10. The Kier molecular flexibility index (Phi) is 5.50. The number of carbonyl (C=O) groups excluding carboxylic acids is 3. The van der Waals surface area contributed by atoms with Gasteiger partial charge in [-0.3, -0.25) is 14.4 Å². The third-order valence-electron chi connectivity index (χ3n) is 4.93. The molecule has 2 saturated heterocycles. The molecule has 0 aromatic heterocycles. The summed E-state index contributed by atoms with van der Waals surface area (Å²) in [6.45, 7) is 1.86. The Bertz CT molecular complexity index is 461. The molecule has 0 aromatic rings. The highest BCUT2D eigenvalue weighted by Gasteiger charge is 2.42. The van der Waals surface area contributed by atoms with Crippen LogP contribution in [-0.2, 0) is 33.3 Å². The topological polar surface area (TPSA) is 94.7 Å². The van der Waals surface area contributed by atoms with Gasteiger partial charge in [-0.15, -0.1) is 0 Å². The lowest BCUT2D eigenvalue weighted by Gasteiger charge is -2.26. The Balaban J connectivity index is 1.43. The summed E-state index contributed by atoms with van der Waals surface area (Å²) in [6.07, 6.45) is 3.42. The average Bonchev–Trinajstić information content (AvgIpc) is 3.48. The highest BCUT2D eigenvalue weighted by atomic mass is 16.6. The first-order valence-corrected chi connectivity index (χ1v) is 8.65. The smallest absolute Gasteiger partial charge is 0.305 e. The molecule has 2 heterocycles. The Labute approximate surface area is 140 Å². The van der Waals surface area contributed by atoms with Crippen molar-refractivity contribution in [3.8, 4) is 0 Å². The van der Waals surface area contributed by atoms with Crippen LogP contribution in [0.15, 0.2) is 0 Å². The van der Waals surface area contributed by atoms with Gasteiger partial charge in [0, 0.05) is 24.7 Å². The van der Waals surface area contributed by atoms with Gasteiger partial charge < -0.3 is 18.9 Å². The number of epoxide rings is 2. The first kappa shape index (κ1) is 17.4. The Morgan fingerprint density at radius 2 is 1.50 bits per heavy atom. The maximum atomic E-state index is 12.3. The second-order valence-electron chi connectivity index (χ2n) is 6.83. The average molecular weight is 340 g/mol. The second-order valence-corrected chi connectivity index (χ2v) is 6.83. The molecular weight excluding hydrogens is 316 g/mol. The van der Waals surface area contributed by atoms with E-state index < -0.39 is 5.41 Å². The van der Waals surface area contributed by atoms with E-state index in [2.05, 4.69) is 0 Å². The molecule has 3 fully saturated rings. The van der Waals surface area contributed by atoms with Gasteiger partial charge in [0.25, 0.3) is 0 Å². The van der Waals surface area contributed by atoms with Crippen molar-refractivity contribution in [2.45, 2.75) is 57.2 Å². The van der Waals surface area contributed by atoms with Crippen LogP contribution >= 0.6 is 0 Å². The lowest BCUT2D eigenvalue weighted by Crippen LogP contribution is -2.28. The zero-order valence-corrected chi connectivity index (χ0v) is 13.8. The van der Waals surface area contributed by atoms with E-state index in [1.807, 2.05) is 0 Å². The van der Waals surface area contributed by atoms with E-state index in [1.54, 1.807) is 0 Å². The maximum absolute atomic E-state index is 12.3. The fourth-order valence-electron chi connectivity index (χ4n) is 3.17. The van der Waals surface area contributed by atoms with Crippen molar-refractivity contribution in [1.82, 2.24) is 0 Å². The van der Waals surface area contributed by atoms with Gasteiger partial charge in [0.1, 0.15) is 31.2 Å². The lowest BCUT2D eigenvalue weighted by molar-refractivity contribution is -0.145. The number of ketones is 1. The molecule has 3 aliphatic rings. The molecule has 0 radical (unpaired) electrons. The third-order valence-corrected chi connectivity index (χ3v) is 4.93. The highest BCUT2D eigenvalue weighted by molar-refractivity contribution is 5.87. The molecule has 0 spiro atoms. The summed E-state index contributed by atoms with van der Waals surface area (Å²) >= 11 is 0. The van der Waals surface area contributed by atoms with Gasteiger partial charge in [-0.1, -0.05) is 0 Å². The van der Waals surface area contributed by atoms with Gasteiger partial charge >= 0.3 is 11.9 Å². The molecule has 2 atom stereocenters. The van der Waals surface area contributed by atoms with E-state index in [0.29, 0.717) is 32.5 Å². The largest absolute Gasteiger partial charge is 0.463 e. The number of carbonyl (C=O) groups is 3. The SMILES string of the molecule is O=C(CCC1(CCC(=O)OCC2CO2)CCCC1=O)OCC1CO1. The van der Waals surface area contributed by atoms with Gasteiger partial charge in [0.15, 0.2) is 0 Å². The minimum absolute atomic E-state index is 0.0428. The summed E-state index contributed by atoms with van der Waals surface area (Å²) in [6, 6.07) is 0. The van der Waals surface area contributed by atoms with Crippen molar-refractivity contribution in [2.24, 2.45) is 5.41 Å². The fourth-order valence-corrected chi connectivity index (χ4v) is 3.17. The van der Waals surface area contributed by atoms with E-state index in [4.69, 9.17) is 18.9 Å². The van der Waals surface area contributed by atoms with Crippen molar-refractivity contribution >= 4 is 17.7 Å². The van der Waals surface area contributed by atoms with Gasteiger partial charge in [0.2, 0.25) is 0 Å². The van der Waals surface area contributed by atoms with E-state index in [-0.39, 0.29) is 56.0 Å². The van der Waals surface area contributed by atoms with Crippen LogP contribution in [0.2, 0.25) is 0 Å². The molecule has 24 heavy (non-hydrogen) atoms. The standard InChI is InChI=1S/C17H24O7/c18-14-2-1-5-17(14,6-3-15(19)23-10-12-8-21-12)7-4-16(20)24-11-13-9-22-13/h12-13H,1-11H2. The van der Waals surface area contributed by atoms with Crippen LogP contribution < -0.4 is 0 Å². The fraction of sp³-hybridized carbons (Fsp3) is 0.824. The molecule has 3 rings (SSSR count). The Morgan fingerprint density at radius 3 is 1.88 bits per heavy atom. The van der Waals surface area contributed by atoms with E-state index >= 15 is 0 Å². The van der Waals surface area contributed by atoms with Crippen molar-refractivity contribution in [3.05, 3.63) is 0 Å². The molecular formula is C17H24O7. The van der Waals surface area contributed by atoms with Crippen molar-refractivity contribution in [2.75, 3.05) is 26.4 Å². The number of ether oxygens (including phenoxy) is 4. The summed E-state index contributed by atoms with van der Waals surface area (Å²) in [7, 11) is 0. The maximum Gasteiger partial charge on any atom is 0.305 e. The van der Waals surface area contributed by atoms with Crippen LogP contribution in [0.1, 0.15) is 44.9 Å². The first-order chi connectivity index (χ1) is 11.6. The first-order valence-electron chi connectivity index (χ1n) is 8.65. The van der Waals surface area contributed by atoms with Crippen molar-refractivity contribution < 1.29 is 33.3 Å². The molecule has 134 valence electrons. The molecule has 2 unspecified atom stereocenters. The number of Topliss-reactive ketones (excluding diaryl/α,β-unsaturated/α-hetero) is 1. The summed E-state index contributed by atoms with van der Waals surface area (Å²) in [5, 5.41) is 0. The Morgan fingerprint density at radius 1 is 1.00 bits per heavy atom. The number of esters is 2. The van der Waals surface area contributed by atoms with Crippen LogP contribution in [0.3, 0.4) is 0 Å². The van der Waals surface area contributed by atoms with Gasteiger partial charge in [-0.25, -0.2) is 0 Å². The molecule has 0 amide bonds. The van der Waals surface area contributed by atoms with Crippen molar-refractivity contribution in [1.29, 1.82) is 0 Å². The predicted octanol–water partition coefficient (Wildman–Crippen LogP) is 1.17. The van der Waals surface area contributed by atoms with E-state index in [0.717, 1.165) is 12.8 Å². The molecule has 1 saturated carbocycles. The van der Waals surface area contributed by atoms with Gasteiger partial charge in [-0.2, -0.15) is 0 Å². The summed E-state index contributed by atoms with van der Waals surface area (Å²) in [5.41, 5.74) is -0.579. The highest BCUT2D eigenvalue weighted by Crippen LogP contribution is 2.43. The van der Waals surface area contributed by atoms with Crippen LogP contribution in [0.25, 0.3) is 0 Å². The van der Waals surface area contributed by atoms with Gasteiger partial charge in [0.05, 0.1) is 13.2 Å². The predicted molar refractivity (Wildman–Crippen MR) is 81.2 cm³/mol. The van der Waals surface area contributed by atoms with E-state index in [1.165, 1.54) is 0 Å². The van der Waals surface area contributed by atoms with Crippen LogP contribution in [0.5, 0.6) is 0 Å². The lowest BCUT2D eigenvalue weighted by atomic mass is 9.76. The molecule has 0 bridgehead atoms. The minimum atomic E-state index is -0.579. The molecule has 2 aliphatic heterocycles. The number of hydrogen-bond donors (Lipinski definition) is 0. The monoisotopic (exact) mass is 340 g/mol. The van der Waals surface area contributed by atoms with Crippen LogP contribution in [0, 0.1) is 5.41 Å². The molecule has 7 nitrogen and oxygen atoms in total. The third kappa shape index (κ3) is 5.01. The van der Waals surface area contributed by atoms with Crippen LogP contribution in [-0.4, -0.2) is 56.4 Å². The number of hydrogen-bond acceptors (Lipinski definition) is 7. The van der Waals surface area contributed by atoms with Crippen molar-refractivity contribution in [3.63, 3.8) is 0 Å². The van der Waals surface area contributed by atoms with Crippen LogP contribution in [0.4, 0.5) is 0 Å². The molecule has 0 aromatic carbocycles. The molecule has 0 N–H and O–H groups in total. The van der Waals surface area contributed by atoms with E-state index in [9.17, 15) is 14.4 Å². The zero-order valence-electron chi connectivity index (χ0n) is 13.8. The molecule has 1 aliphatic carbocycles. The van der Waals surface area contributed by atoms with Gasteiger partial charge in [-0.05, 0) is 25.7 Å². The molecule has 7 heteroatoms. The minimum Gasteiger partial charge on any atom is -0.463 e. The normalized spacial score (nSPS) is 30.9. The quantitative estimate of drug-likeness (QED) is 0.435. The second kappa shape index (κ2) is 7.61. The zero-order chi connectivity index (χ0) is 17.0. The summed E-state index contributed by atoms with van der Waals surface area (Å²) < 4.78 is 20.2.